The fourth-order valence-electron chi connectivity index (χ4n) is 1.13. The summed E-state index contributed by atoms with van der Waals surface area (Å²) in [6.45, 7) is 1.73. The summed E-state index contributed by atoms with van der Waals surface area (Å²) >= 11 is 2.16. The Hall–Kier alpha value is -0.650. The standard InChI is InChI=1S/C8H6FIN2/c1-5-6(9)2-3-12-7(10)4-11-8(5)12/h2-4H,1H3. The van der Waals surface area contributed by atoms with Crippen LogP contribution in [0.4, 0.5) is 4.39 Å². The van der Waals surface area contributed by atoms with Gasteiger partial charge < -0.3 is 0 Å². The number of fused-ring (bicyclic) bond motifs is 1. The number of hydrogen-bond acceptors (Lipinski definition) is 1. The quantitative estimate of drug-likeness (QED) is 0.675. The highest BCUT2D eigenvalue weighted by Crippen LogP contribution is 2.15. The highest BCUT2D eigenvalue weighted by Gasteiger charge is 2.05. The number of hydrogen-bond donors (Lipinski definition) is 0. The first-order chi connectivity index (χ1) is 5.70. The molecule has 62 valence electrons. The number of halogens is 2. The van der Waals surface area contributed by atoms with Crippen molar-refractivity contribution in [2.24, 2.45) is 0 Å². The molecule has 0 bridgehead atoms. The van der Waals surface area contributed by atoms with Crippen LogP contribution in [0.3, 0.4) is 0 Å². The van der Waals surface area contributed by atoms with E-state index >= 15 is 0 Å². The maximum Gasteiger partial charge on any atom is 0.143 e. The van der Waals surface area contributed by atoms with E-state index in [2.05, 4.69) is 27.6 Å². The van der Waals surface area contributed by atoms with Gasteiger partial charge in [0.05, 0.1) is 6.20 Å². The highest BCUT2D eigenvalue weighted by atomic mass is 127. The molecule has 2 nitrogen and oxygen atoms in total. The summed E-state index contributed by atoms with van der Waals surface area (Å²) in [6, 6.07) is 1.45. The van der Waals surface area contributed by atoms with Gasteiger partial charge in [-0.15, -0.1) is 0 Å². The van der Waals surface area contributed by atoms with Crippen LogP contribution in [0.25, 0.3) is 5.65 Å². The number of nitrogens with zero attached hydrogens (tertiary/aromatic N) is 2. The maximum absolute atomic E-state index is 13.0. The van der Waals surface area contributed by atoms with Crippen molar-refractivity contribution >= 4 is 28.2 Å². The highest BCUT2D eigenvalue weighted by molar-refractivity contribution is 14.1. The van der Waals surface area contributed by atoms with Crippen molar-refractivity contribution in [3.8, 4) is 0 Å². The average molecular weight is 276 g/mol. The van der Waals surface area contributed by atoms with Gasteiger partial charge >= 0.3 is 0 Å². The first kappa shape index (κ1) is 7.97. The van der Waals surface area contributed by atoms with E-state index in [0.29, 0.717) is 11.2 Å². The van der Waals surface area contributed by atoms with Crippen LogP contribution in [0.2, 0.25) is 0 Å². The van der Waals surface area contributed by atoms with Crippen LogP contribution in [0.1, 0.15) is 5.56 Å². The van der Waals surface area contributed by atoms with Gasteiger partial charge in [0.15, 0.2) is 0 Å². The second-order valence-electron chi connectivity index (χ2n) is 2.56. The van der Waals surface area contributed by atoms with Gasteiger partial charge in [-0.1, -0.05) is 0 Å². The third-order valence-corrected chi connectivity index (χ3v) is 2.61. The van der Waals surface area contributed by atoms with Crippen molar-refractivity contribution < 1.29 is 4.39 Å². The summed E-state index contributed by atoms with van der Waals surface area (Å²) in [7, 11) is 0. The third kappa shape index (κ3) is 1.01. The van der Waals surface area contributed by atoms with Crippen molar-refractivity contribution in [2.75, 3.05) is 0 Å². The predicted molar refractivity (Wildman–Crippen MR) is 52.6 cm³/mol. The van der Waals surface area contributed by atoms with Gasteiger partial charge in [-0.2, -0.15) is 0 Å². The monoisotopic (exact) mass is 276 g/mol. The van der Waals surface area contributed by atoms with Crippen LogP contribution in [0.5, 0.6) is 0 Å². The Labute approximate surface area is 82.6 Å². The average Bonchev–Trinajstić information content (AvgIpc) is 2.41. The Morgan fingerprint density at radius 2 is 2.33 bits per heavy atom. The van der Waals surface area contributed by atoms with E-state index in [0.717, 1.165) is 3.70 Å². The molecule has 0 unspecified atom stereocenters. The van der Waals surface area contributed by atoms with E-state index in [-0.39, 0.29) is 5.82 Å². The van der Waals surface area contributed by atoms with Crippen LogP contribution < -0.4 is 0 Å². The van der Waals surface area contributed by atoms with Crippen LogP contribution in [0.15, 0.2) is 18.5 Å². The smallest absolute Gasteiger partial charge is 0.143 e. The molecular formula is C8H6FIN2. The Balaban J connectivity index is 2.93. The molecule has 0 spiro atoms. The van der Waals surface area contributed by atoms with E-state index < -0.39 is 0 Å². The van der Waals surface area contributed by atoms with Crippen LogP contribution >= 0.6 is 22.6 Å². The summed E-state index contributed by atoms with van der Waals surface area (Å²) < 4.78 is 15.9. The lowest BCUT2D eigenvalue weighted by atomic mass is 10.3. The zero-order valence-corrected chi connectivity index (χ0v) is 8.54. The number of rotatable bonds is 0. The first-order valence-corrected chi connectivity index (χ1v) is 4.55. The van der Waals surface area contributed by atoms with Gasteiger partial charge in [0.1, 0.15) is 15.2 Å². The van der Waals surface area contributed by atoms with Crippen molar-refractivity contribution in [2.45, 2.75) is 6.92 Å². The predicted octanol–water partition coefficient (Wildman–Crippen LogP) is 2.39. The van der Waals surface area contributed by atoms with Gasteiger partial charge in [0.25, 0.3) is 0 Å². The number of imidazole rings is 1. The fraction of sp³-hybridized carbons (Fsp3) is 0.125. The topological polar surface area (TPSA) is 17.3 Å². The second-order valence-corrected chi connectivity index (χ2v) is 3.67. The fourth-order valence-corrected chi connectivity index (χ4v) is 1.66. The molecule has 2 heterocycles. The minimum absolute atomic E-state index is 0.204. The summed E-state index contributed by atoms with van der Waals surface area (Å²) in [5.74, 6) is -0.204. The molecule has 0 atom stereocenters. The van der Waals surface area contributed by atoms with Crippen LogP contribution in [0, 0.1) is 16.4 Å². The zero-order chi connectivity index (χ0) is 8.72. The molecule has 4 heteroatoms. The molecule has 0 N–H and O–H groups in total. The summed E-state index contributed by atoms with van der Waals surface area (Å²) in [5.41, 5.74) is 1.29. The molecule has 0 aliphatic carbocycles. The second kappa shape index (κ2) is 2.69. The minimum Gasteiger partial charge on any atom is -0.295 e. The first-order valence-electron chi connectivity index (χ1n) is 3.48. The van der Waals surface area contributed by atoms with Crippen LogP contribution in [-0.4, -0.2) is 9.38 Å². The van der Waals surface area contributed by atoms with Crippen LogP contribution in [-0.2, 0) is 0 Å². The van der Waals surface area contributed by atoms with E-state index in [9.17, 15) is 4.39 Å². The third-order valence-electron chi connectivity index (χ3n) is 1.82. The van der Waals surface area contributed by atoms with E-state index in [1.165, 1.54) is 6.07 Å². The van der Waals surface area contributed by atoms with Gasteiger partial charge in [0.2, 0.25) is 0 Å². The SMILES string of the molecule is Cc1c(F)ccn2c(I)cnc12. The number of aromatic nitrogens is 2. The Kier molecular flexibility index (Phi) is 1.79. The van der Waals surface area contributed by atoms with E-state index in [1.807, 2.05) is 4.40 Å². The normalized spacial score (nSPS) is 10.9. The van der Waals surface area contributed by atoms with E-state index in [4.69, 9.17) is 0 Å². The molecule has 0 aliphatic heterocycles. The van der Waals surface area contributed by atoms with Crippen molar-refractivity contribution in [3.63, 3.8) is 0 Å². The maximum atomic E-state index is 13.0. The summed E-state index contributed by atoms with van der Waals surface area (Å²) in [6.07, 6.45) is 3.41. The molecule has 0 fully saturated rings. The Bertz CT molecular complexity index is 436. The van der Waals surface area contributed by atoms with Crippen molar-refractivity contribution in [1.29, 1.82) is 0 Å². The summed E-state index contributed by atoms with van der Waals surface area (Å²) in [5, 5.41) is 0. The van der Waals surface area contributed by atoms with Gasteiger partial charge in [-0.25, -0.2) is 9.37 Å². The van der Waals surface area contributed by atoms with Gasteiger partial charge in [-0.05, 0) is 35.6 Å². The molecule has 2 rings (SSSR count). The lowest BCUT2D eigenvalue weighted by molar-refractivity contribution is 0.617. The molecule has 0 amide bonds. The molecule has 0 radical (unpaired) electrons. The lowest BCUT2D eigenvalue weighted by Crippen LogP contribution is -1.92. The van der Waals surface area contributed by atoms with Gasteiger partial charge in [-0.3, -0.25) is 4.40 Å². The Morgan fingerprint density at radius 3 is 3.08 bits per heavy atom. The molecule has 2 aromatic rings. The number of pyridine rings is 1. The molecule has 0 aliphatic rings. The summed E-state index contributed by atoms with van der Waals surface area (Å²) in [4.78, 5) is 4.09. The van der Waals surface area contributed by atoms with Crippen molar-refractivity contribution in [1.82, 2.24) is 9.38 Å². The number of aryl methyl sites for hydroxylation is 1. The Morgan fingerprint density at radius 1 is 1.58 bits per heavy atom. The molecular weight excluding hydrogens is 270 g/mol. The lowest BCUT2D eigenvalue weighted by Gasteiger charge is -1.99. The minimum atomic E-state index is -0.204. The molecule has 0 saturated heterocycles. The zero-order valence-electron chi connectivity index (χ0n) is 6.38. The molecule has 12 heavy (non-hydrogen) atoms. The molecule has 2 aromatic heterocycles. The molecule has 0 saturated carbocycles. The van der Waals surface area contributed by atoms with E-state index in [1.54, 1.807) is 19.3 Å². The largest absolute Gasteiger partial charge is 0.295 e. The van der Waals surface area contributed by atoms with Crippen molar-refractivity contribution in [3.05, 3.63) is 33.5 Å². The van der Waals surface area contributed by atoms with Gasteiger partial charge in [0, 0.05) is 11.8 Å². The molecule has 0 aromatic carbocycles.